The van der Waals surface area contributed by atoms with E-state index in [4.69, 9.17) is 11.6 Å². The fourth-order valence-electron chi connectivity index (χ4n) is 2.48. The molecular formula is C15H16ClN3OS. The molecule has 3 rings (SSSR count). The van der Waals surface area contributed by atoms with Gasteiger partial charge < -0.3 is 10.6 Å². The molecule has 2 heterocycles. The van der Waals surface area contributed by atoms with Gasteiger partial charge in [0.25, 0.3) is 5.91 Å². The summed E-state index contributed by atoms with van der Waals surface area (Å²) in [5.74, 6) is -0.00573. The molecule has 110 valence electrons. The van der Waals surface area contributed by atoms with Crippen molar-refractivity contribution < 1.29 is 4.79 Å². The number of hydrogen-bond donors (Lipinski definition) is 2. The predicted molar refractivity (Wildman–Crippen MR) is 86.3 cm³/mol. The van der Waals surface area contributed by atoms with E-state index in [0.29, 0.717) is 17.6 Å². The number of aromatic nitrogens is 1. The summed E-state index contributed by atoms with van der Waals surface area (Å²) in [6.45, 7) is 5.59. The normalized spacial score (nSPS) is 16.2. The SMILES string of the molecule is CC1(C)CNC(=O)c2cc(NCc3cnc(Cl)s3)ccc21. The Hall–Kier alpha value is -1.59. The lowest BCUT2D eigenvalue weighted by atomic mass is 9.79. The van der Waals surface area contributed by atoms with Crippen LogP contribution in [0, 0.1) is 0 Å². The average molecular weight is 322 g/mol. The molecule has 0 bridgehead atoms. The number of fused-ring (bicyclic) bond motifs is 1. The van der Waals surface area contributed by atoms with E-state index >= 15 is 0 Å². The van der Waals surface area contributed by atoms with Crippen LogP contribution in [0.3, 0.4) is 0 Å². The molecule has 0 fully saturated rings. The van der Waals surface area contributed by atoms with Crippen molar-refractivity contribution in [3.05, 3.63) is 44.9 Å². The van der Waals surface area contributed by atoms with Crippen molar-refractivity contribution >= 4 is 34.5 Å². The molecule has 1 aromatic heterocycles. The Kier molecular flexibility index (Phi) is 3.63. The maximum atomic E-state index is 12.0. The Morgan fingerprint density at radius 2 is 2.29 bits per heavy atom. The first-order chi connectivity index (χ1) is 9.95. The number of hydrogen-bond acceptors (Lipinski definition) is 4. The van der Waals surface area contributed by atoms with Crippen LogP contribution in [0.1, 0.15) is 34.6 Å². The quantitative estimate of drug-likeness (QED) is 0.910. The smallest absolute Gasteiger partial charge is 0.251 e. The van der Waals surface area contributed by atoms with Gasteiger partial charge in [-0.05, 0) is 17.7 Å². The largest absolute Gasteiger partial charge is 0.380 e. The molecule has 0 saturated heterocycles. The van der Waals surface area contributed by atoms with Gasteiger partial charge in [0, 0.05) is 34.3 Å². The zero-order chi connectivity index (χ0) is 15.0. The Labute approximate surface area is 132 Å². The molecule has 0 radical (unpaired) electrons. The number of rotatable bonds is 3. The van der Waals surface area contributed by atoms with Crippen LogP contribution in [0.25, 0.3) is 0 Å². The minimum atomic E-state index is -0.0348. The van der Waals surface area contributed by atoms with Gasteiger partial charge >= 0.3 is 0 Å². The van der Waals surface area contributed by atoms with E-state index in [9.17, 15) is 4.79 Å². The average Bonchev–Trinajstić information content (AvgIpc) is 2.87. The monoisotopic (exact) mass is 321 g/mol. The van der Waals surface area contributed by atoms with Crippen molar-refractivity contribution in [2.75, 3.05) is 11.9 Å². The van der Waals surface area contributed by atoms with Crippen molar-refractivity contribution in [1.29, 1.82) is 0 Å². The fourth-order valence-corrected chi connectivity index (χ4v) is 3.40. The van der Waals surface area contributed by atoms with E-state index < -0.39 is 0 Å². The van der Waals surface area contributed by atoms with E-state index in [0.717, 1.165) is 21.7 Å². The first-order valence-electron chi connectivity index (χ1n) is 6.72. The van der Waals surface area contributed by atoms with Crippen LogP contribution >= 0.6 is 22.9 Å². The van der Waals surface area contributed by atoms with Gasteiger partial charge in [-0.1, -0.05) is 31.5 Å². The van der Waals surface area contributed by atoms with Gasteiger partial charge in [-0.25, -0.2) is 4.98 Å². The highest BCUT2D eigenvalue weighted by Gasteiger charge is 2.31. The highest BCUT2D eigenvalue weighted by atomic mass is 35.5. The highest BCUT2D eigenvalue weighted by molar-refractivity contribution is 7.15. The molecule has 0 spiro atoms. The molecule has 2 aromatic rings. The van der Waals surface area contributed by atoms with Gasteiger partial charge in [-0.3, -0.25) is 4.79 Å². The van der Waals surface area contributed by atoms with Gasteiger partial charge in [-0.15, -0.1) is 11.3 Å². The molecule has 0 unspecified atom stereocenters. The lowest BCUT2D eigenvalue weighted by Crippen LogP contribution is -2.43. The summed E-state index contributed by atoms with van der Waals surface area (Å²) >= 11 is 7.26. The standard InChI is InChI=1S/C15H16ClN3OS/c1-15(2)8-19-13(20)11-5-9(3-4-12(11)15)17-6-10-7-18-14(16)21-10/h3-5,7,17H,6,8H2,1-2H3,(H,19,20). The maximum absolute atomic E-state index is 12.0. The van der Waals surface area contributed by atoms with Crippen LogP contribution in [0.15, 0.2) is 24.4 Å². The first kappa shape index (κ1) is 14.4. The third-order valence-corrected chi connectivity index (χ3v) is 4.79. The van der Waals surface area contributed by atoms with Crippen molar-refractivity contribution in [3.63, 3.8) is 0 Å². The second kappa shape index (κ2) is 5.31. The Morgan fingerprint density at radius 1 is 1.48 bits per heavy atom. The molecule has 0 atom stereocenters. The van der Waals surface area contributed by atoms with Crippen LogP contribution in [-0.4, -0.2) is 17.4 Å². The summed E-state index contributed by atoms with van der Waals surface area (Å²) in [5, 5.41) is 6.24. The zero-order valence-corrected chi connectivity index (χ0v) is 13.4. The maximum Gasteiger partial charge on any atom is 0.251 e. The van der Waals surface area contributed by atoms with Crippen LogP contribution in [0.4, 0.5) is 5.69 Å². The minimum Gasteiger partial charge on any atom is -0.380 e. The molecule has 1 aliphatic rings. The summed E-state index contributed by atoms with van der Waals surface area (Å²) in [7, 11) is 0. The van der Waals surface area contributed by atoms with E-state index in [1.54, 1.807) is 6.20 Å². The summed E-state index contributed by atoms with van der Waals surface area (Å²) in [4.78, 5) is 17.1. The number of thiazole rings is 1. The molecule has 1 amide bonds. The number of benzene rings is 1. The molecular weight excluding hydrogens is 306 g/mol. The van der Waals surface area contributed by atoms with E-state index in [2.05, 4.69) is 29.5 Å². The molecule has 1 aromatic carbocycles. The van der Waals surface area contributed by atoms with Crippen molar-refractivity contribution in [1.82, 2.24) is 10.3 Å². The van der Waals surface area contributed by atoms with E-state index in [1.165, 1.54) is 11.3 Å². The molecule has 0 saturated carbocycles. The van der Waals surface area contributed by atoms with Gasteiger partial charge in [0.05, 0.1) is 6.54 Å². The highest BCUT2D eigenvalue weighted by Crippen LogP contribution is 2.31. The van der Waals surface area contributed by atoms with E-state index in [-0.39, 0.29) is 11.3 Å². The van der Waals surface area contributed by atoms with Gasteiger partial charge in [-0.2, -0.15) is 0 Å². The van der Waals surface area contributed by atoms with Crippen LogP contribution in [0.5, 0.6) is 0 Å². The number of halogens is 1. The van der Waals surface area contributed by atoms with Gasteiger partial charge in [0.2, 0.25) is 0 Å². The summed E-state index contributed by atoms with van der Waals surface area (Å²) in [6, 6.07) is 5.96. The van der Waals surface area contributed by atoms with Crippen LogP contribution < -0.4 is 10.6 Å². The summed E-state index contributed by atoms with van der Waals surface area (Å²) < 4.78 is 0.540. The number of amides is 1. The van der Waals surface area contributed by atoms with Gasteiger partial charge in [0.15, 0.2) is 4.47 Å². The third-order valence-electron chi connectivity index (χ3n) is 3.68. The zero-order valence-electron chi connectivity index (χ0n) is 11.9. The summed E-state index contributed by atoms with van der Waals surface area (Å²) in [6.07, 6.45) is 1.76. The fraction of sp³-hybridized carbons (Fsp3) is 0.333. The van der Waals surface area contributed by atoms with Crippen molar-refractivity contribution in [3.8, 4) is 0 Å². The Balaban J connectivity index is 1.82. The molecule has 21 heavy (non-hydrogen) atoms. The molecule has 1 aliphatic heterocycles. The van der Waals surface area contributed by atoms with Gasteiger partial charge in [0.1, 0.15) is 0 Å². The Bertz CT molecular complexity index is 696. The molecule has 0 aliphatic carbocycles. The predicted octanol–water partition coefficient (Wildman–Crippen LogP) is 3.43. The second-order valence-corrected chi connectivity index (χ2v) is 7.46. The van der Waals surface area contributed by atoms with Crippen LogP contribution in [-0.2, 0) is 12.0 Å². The molecule has 2 N–H and O–H groups in total. The number of nitrogens with zero attached hydrogens (tertiary/aromatic N) is 1. The number of anilines is 1. The first-order valence-corrected chi connectivity index (χ1v) is 7.92. The summed E-state index contributed by atoms with van der Waals surface area (Å²) in [5.41, 5.74) is 2.73. The Morgan fingerprint density at radius 3 is 3.00 bits per heavy atom. The number of carbonyl (C=O) groups is 1. The van der Waals surface area contributed by atoms with Crippen molar-refractivity contribution in [2.24, 2.45) is 0 Å². The lowest BCUT2D eigenvalue weighted by Gasteiger charge is -2.32. The number of carbonyl (C=O) groups excluding carboxylic acids is 1. The molecule has 4 nitrogen and oxygen atoms in total. The minimum absolute atomic E-state index is 0.00573. The number of nitrogens with one attached hydrogen (secondary N) is 2. The lowest BCUT2D eigenvalue weighted by molar-refractivity contribution is 0.0930. The third kappa shape index (κ3) is 2.89. The van der Waals surface area contributed by atoms with E-state index in [1.807, 2.05) is 18.2 Å². The second-order valence-electron chi connectivity index (χ2n) is 5.76. The van der Waals surface area contributed by atoms with Crippen LogP contribution in [0.2, 0.25) is 4.47 Å². The topological polar surface area (TPSA) is 54.0 Å². The van der Waals surface area contributed by atoms with Crippen molar-refractivity contribution in [2.45, 2.75) is 25.8 Å². The molecule has 6 heteroatoms.